The summed E-state index contributed by atoms with van der Waals surface area (Å²) >= 11 is 0. The lowest BCUT2D eigenvalue weighted by Gasteiger charge is -2.31. The van der Waals surface area contributed by atoms with E-state index >= 15 is 0 Å². The van der Waals surface area contributed by atoms with Crippen molar-refractivity contribution in [3.63, 3.8) is 0 Å². The molecule has 0 N–H and O–H groups in total. The molecular weight excluding hydrogens is 248 g/mol. The van der Waals surface area contributed by atoms with Gasteiger partial charge in [0.25, 0.3) is 0 Å². The number of esters is 1. The predicted octanol–water partition coefficient (Wildman–Crippen LogP) is 1.24. The standard InChI is InChI=1S/C14H18O5/c1-4-19-13(16)11-9-7-5-6-8-10(9)14(17-2,18-3)12(11)15/h5-7,10-11H,4,8H2,1-3H3. The smallest absolute Gasteiger partial charge is 0.320 e. The van der Waals surface area contributed by atoms with Gasteiger partial charge in [-0.3, -0.25) is 9.59 Å². The summed E-state index contributed by atoms with van der Waals surface area (Å²) in [5.74, 6) is -3.48. The first kappa shape index (κ1) is 14.0. The van der Waals surface area contributed by atoms with Crippen LogP contribution in [0.4, 0.5) is 0 Å². The third kappa shape index (κ3) is 1.93. The Balaban J connectivity index is 2.44. The summed E-state index contributed by atoms with van der Waals surface area (Å²) in [7, 11) is 2.84. The lowest BCUT2D eigenvalue weighted by atomic mass is 9.88. The number of methoxy groups -OCH3 is 2. The van der Waals surface area contributed by atoms with Crippen molar-refractivity contribution in [2.45, 2.75) is 19.1 Å². The predicted molar refractivity (Wildman–Crippen MR) is 67.2 cm³/mol. The molecule has 0 spiro atoms. The normalized spacial score (nSPS) is 27.9. The van der Waals surface area contributed by atoms with Gasteiger partial charge in [0.15, 0.2) is 0 Å². The number of allylic oxidation sites excluding steroid dienone is 3. The highest BCUT2D eigenvalue weighted by atomic mass is 16.7. The van der Waals surface area contributed by atoms with E-state index in [0.29, 0.717) is 6.42 Å². The summed E-state index contributed by atoms with van der Waals surface area (Å²) in [5, 5.41) is 0. The lowest BCUT2D eigenvalue weighted by molar-refractivity contribution is -0.217. The molecule has 104 valence electrons. The minimum absolute atomic E-state index is 0.239. The second-order valence-corrected chi connectivity index (χ2v) is 4.51. The topological polar surface area (TPSA) is 61.8 Å². The third-order valence-corrected chi connectivity index (χ3v) is 3.73. The Morgan fingerprint density at radius 2 is 2.11 bits per heavy atom. The molecule has 0 aliphatic heterocycles. The monoisotopic (exact) mass is 266 g/mol. The Kier molecular flexibility index (Phi) is 3.87. The van der Waals surface area contributed by atoms with E-state index in [0.717, 1.165) is 5.57 Å². The van der Waals surface area contributed by atoms with E-state index in [2.05, 4.69) is 0 Å². The highest BCUT2D eigenvalue weighted by molar-refractivity contribution is 6.09. The maximum Gasteiger partial charge on any atom is 0.320 e. The highest BCUT2D eigenvalue weighted by Crippen LogP contribution is 2.47. The van der Waals surface area contributed by atoms with Crippen LogP contribution in [-0.4, -0.2) is 38.4 Å². The molecular formula is C14H18O5. The van der Waals surface area contributed by atoms with Crippen molar-refractivity contribution in [1.82, 2.24) is 0 Å². The number of hydrogen-bond acceptors (Lipinski definition) is 5. The van der Waals surface area contributed by atoms with Crippen LogP contribution >= 0.6 is 0 Å². The van der Waals surface area contributed by atoms with E-state index in [1.54, 1.807) is 13.0 Å². The van der Waals surface area contributed by atoms with Crippen LogP contribution in [0.5, 0.6) is 0 Å². The Bertz CT molecular complexity index is 445. The number of hydrogen-bond donors (Lipinski definition) is 0. The summed E-state index contributed by atoms with van der Waals surface area (Å²) in [6.07, 6.45) is 6.16. The van der Waals surface area contributed by atoms with Crippen LogP contribution in [0.1, 0.15) is 13.3 Å². The van der Waals surface area contributed by atoms with Gasteiger partial charge in [0.1, 0.15) is 5.92 Å². The fourth-order valence-corrected chi connectivity index (χ4v) is 2.88. The Morgan fingerprint density at radius 3 is 2.68 bits per heavy atom. The van der Waals surface area contributed by atoms with Gasteiger partial charge in [-0.25, -0.2) is 0 Å². The van der Waals surface area contributed by atoms with Crippen LogP contribution in [0.3, 0.4) is 0 Å². The quantitative estimate of drug-likeness (QED) is 0.435. The maximum absolute atomic E-state index is 12.6. The van der Waals surface area contributed by atoms with Gasteiger partial charge in [-0.1, -0.05) is 18.2 Å². The van der Waals surface area contributed by atoms with Crippen LogP contribution in [0.15, 0.2) is 23.8 Å². The van der Waals surface area contributed by atoms with Gasteiger partial charge in [-0.05, 0) is 18.9 Å². The fraction of sp³-hybridized carbons (Fsp3) is 0.571. The van der Waals surface area contributed by atoms with Crippen LogP contribution in [0.2, 0.25) is 0 Å². The molecule has 5 nitrogen and oxygen atoms in total. The average Bonchev–Trinajstić information content (AvgIpc) is 2.68. The van der Waals surface area contributed by atoms with Gasteiger partial charge in [0, 0.05) is 20.1 Å². The summed E-state index contributed by atoms with van der Waals surface area (Å²) in [5.41, 5.74) is 0.717. The minimum Gasteiger partial charge on any atom is -0.465 e. The summed E-state index contributed by atoms with van der Waals surface area (Å²) in [4.78, 5) is 24.6. The fourth-order valence-electron chi connectivity index (χ4n) is 2.88. The summed E-state index contributed by atoms with van der Waals surface area (Å²) < 4.78 is 15.7. The van der Waals surface area contributed by atoms with Crippen LogP contribution < -0.4 is 0 Å². The lowest BCUT2D eigenvalue weighted by Crippen LogP contribution is -2.46. The molecule has 19 heavy (non-hydrogen) atoms. The van der Waals surface area contributed by atoms with Gasteiger partial charge >= 0.3 is 5.97 Å². The number of carbonyl (C=O) groups is 2. The van der Waals surface area contributed by atoms with Crippen molar-refractivity contribution in [3.05, 3.63) is 23.8 Å². The molecule has 0 aromatic rings. The molecule has 0 saturated heterocycles. The Labute approximate surface area is 112 Å². The van der Waals surface area contributed by atoms with E-state index in [1.165, 1.54) is 14.2 Å². The van der Waals surface area contributed by atoms with Crippen LogP contribution in [-0.2, 0) is 23.8 Å². The second-order valence-electron chi connectivity index (χ2n) is 4.51. The van der Waals surface area contributed by atoms with E-state index < -0.39 is 17.7 Å². The number of Topliss-reactive ketones (excluding diaryl/α,β-unsaturated/α-hetero) is 1. The first-order valence-electron chi connectivity index (χ1n) is 6.30. The molecule has 5 heteroatoms. The van der Waals surface area contributed by atoms with Crippen molar-refractivity contribution in [2.75, 3.05) is 20.8 Å². The highest BCUT2D eigenvalue weighted by Gasteiger charge is 2.61. The SMILES string of the molecule is CCOC(=O)C1C(=O)C(OC)(OC)C2CC=CC=C12. The Morgan fingerprint density at radius 1 is 1.42 bits per heavy atom. The van der Waals surface area contributed by atoms with E-state index in [9.17, 15) is 9.59 Å². The molecule has 0 radical (unpaired) electrons. The zero-order chi connectivity index (χ0) is 14.0. The number of carbonyl (C=O) groups excluding carboxylic acids is 2. The van der Waals surface area contributed by atoms with Crippen LogP contribution in [0.25, 0.3) is 0 Å². The molecule has 0 aromatic carbocycles. The summed E-state index contributed by atoms with van der Waals surface area (Å²) in [6, 6.07) is 0. The molecule has 1 fully saturated rings. The zero-order valence-corrected chi connectivity index (χ0v) is 11.3. The van der Waals surface area contributed by atoms with Gasteiger partial charge in [-0.15, -0.1) is 0 Å². The molecule has 0 amide bonds. The molecule has 0 bridgehead atoms. The van der Waals surface area contributed by atoms with Gasteiger partial charge in [-0.2, -0.15) is 0 Å². The average molecular weight is 266 g/mol. The van der Waals surface area contributed by atoms with E-state index in [-0.39, 0.29) is 18.3 Å². The van der Waals surface area contributed by atoms with E-state index in [1.807, 2.05) is 12.2 Å². The number of ether oxygens (including phenoxy) is 3. The van der Waals surface area contributed by atoms with Gasteiger partial charge in [0.05, 0.1) is 6.61 Å². The molecule has 2 aliphatic rings. The maximum atomic E-state index is 12.6. The number of fused-ring (bicyclic) bond motifs is 1. The second kappa shape index (κ2) is 5.27. The van der Waals surface area contributed by atoms with Crippen molar-refractivity contribution in [2.24, 2.45) is 11.8 Å². The first-order chi connectivity index (χ1) is 9.12. The van der Waals surface area contributed by atoms with Gasteiger partial charge in [0.2, 0.25) is 11.6 Å². The number of rotatable bonds is 4. The van der Waals surface area contributed by atoms with Crippen molar-refractivity contribution >= 4 is 11.8 Å². The molecule has 2 rings (SSSR count). The zero-order valence-electron chi connectivity index (χ0n) is 11.3. The van der Waals surface area contributed by atoms with Crippen molar-refractivity contribution in [1.29, 1.82) is 0 Å². The number of ketones is 1. The van der Waals surface area contributed by atoms with Crippen molar-refractivity contribution in [3.8, 4) is 0 Å². The molecule has 1 saturated carbocycles. The molecule has 2 unspecified atom stereocenters. The van der Waals surface area contributed by atoms with Crippen molar-refractivity contribution < 1.29 is 23.8 Å². The van der Waals surface area contributed by atoms with E-state index in [4.69, 9.17) is 14.2 Å². The molecule has 0 aromatic heterocycles. The molecule has 2 aliphatic carbocycles. The van der Waals surface area contributed by atoms with Crippen LogP contribution in [0, 0.1) is 11.8 Å². The largest absolute Gasteiger partial charge is 0.465 e. The summed E-state index contributed by atoms with van der Waals surface area (Å²) in [6.45, 7) is 1.95. The Hall–Kier alpha value is -1.46. The molecule has 0 heterocycles. The van der Waals surface area contributed by atoms with Gasteiger partial charge < -0.3 is 14.2 Å². The molecule has 2 atom stereocenters. The third-order valence-electron chi connectivity index (χ3n) is 3.73. The minimum atomic E-state index is -1.38. The first-order valence-corrected chi connectivity index (χ1v) is 6.30.